The van der Waals surface area contributed by atoms with Gasteiger partial charge in [0.25, 0.3) is 11.8 Å². The first-order valence-electron chi connectivity index (χ1n) is 10.6. The second-order valence-corrected chi connectivity index (χ2v) is 8.57. The Kier molecular flexibility index (Phi) is 6.90. The summed E-state index contributed by atoms with van der Waals surface area (Å²) in [5.41, 5.74) is -1.98. The number of anilines is 1. The number of nitriles is 1. The van der Waals surface area contributed by atoms with E-state index in [2.05, 4.69) is 10.6 Å². The van der Waals surface area contributed by atoms with Crippen LogP contribution in [0.2, 0.25) is 5.02 Å². The fourth-order valence-corrected chi connectivity index (χ4v) is 4.23. The van der Waals surface area contributed by atoms with Crippen LogP contribution < -0.4 is 10.6 Å². The largest absolute Gasteiger partial charge is 0.416 e. The summed E-state index contributed by atoms with van der Waals surface area (Å²) in [6.07, 6.45) is -6.66. The van der Waals surface area contributed by atoms with Gasteiger partial charge in [0, 0.05) is 33.0 Å². The van der Waals surface area contributed by atoms with Crippen LogP contribution in [0.25, 0.3) is 0 Å². The Morgan fingerprint density at radius 1 is 1.14 bits per heavy atom. The molecule has 0 radical (unpaired) electrons. The number of carbonyl (C=O) groups excluding carboxylic acids is 2. The van der Waals surface area contributed by atoms with Crippen molar-refractivity contribution in [3.8, 4) is 6.07 Å². The molecule has 3 N–H and O–H groups in total. The molecule has 3 aromatic carbocycles. The third kappa shape index (κ3) is 5.26. The number of benzene rings is 3. The van der Waals surface area contributed by atoms with Crippen LogP contribution in [0.4, 0.5) is 27.6 Å². The van der Waals surface area contributed by atoms with Crippen LogP contribution >= 0.6 is 11.6 Å². The van der Waals surface area contributed by atoms with E-state index in [1.165, 1.54) is 18.2 Å². The maximum atomic E-state index is 14.0. The molecule has 0 aromatic heterocycles. The molecule has 0 spiro atoms. The molecule has 1 aliphatic heterocycles. The molecule has 37 heavy (non-hydrogen) atoms. The number of nitrogens with one attached hydrogen (secondary N) is 2. The van der Waals surface area contributed by atoms with Gasteiger partial charge in [-0.2, -0.15) is 18.4 Å². The highest BCUT2D eigenvalue weighted by Crippen LogP contribution is 2.41. The zero-order chi connectivity index (χ0) is 27.1. The molecule has 0 saturated heterocycles. The fraction of sp³-hybridized carbons (Fsp3) is 0.160. The van der Waals surface area contributed by atoms with Crippen molar-refractivity contribution in [2.45, 2.75) is 24.7 Å². The summed E-state index contributed by atoms with van der Waals surface area (Å²) in [5, 5.41) is 24.3. The summed E-state index contributed by atoms with van der Waals surface area (Å²) in [5.74, 6) is -3.80. The highest BCUT2D eigenvalue weighted by atomic mass is 35.5. The summed E-state index contributed by atoms with van der Waals surface area (Å²) in [6, 6.07) is 7.88. The number of aliphatic hydroxyl groups is 1. The second kappa shape index (κ2) is 9.80. The summed E-state index contributed by atoms with van der Waals surface area (Å²) >= 11 is 6.22. The topological polar surface area (TPSA) is 102 Å². The number of rotatable bonds is 5. The van der Waals surface area contributed by atoms with Crippen LogP contribution in [0.5, 0.6) is 0 Å². The van der Waals surface area contributed by atoms with E-state index in [9.17, 15) is 36.6 Å². The Balaban J connectivity index is 1.85. The number of fused-ring (bicyclic) bond motifs is 1. The highest BCUT2D eigenvalue weighted by molar-refractivity contribution is 6.31. The van der Waals surface area contributed by atoms with Crippen LogP contribution in [0, 0.1) is 23.0 Å². The number of aliphatic hydroxyl groups excluding tert-OH is 1. The number of alkyl halides is 3. The van der Waals surface area contributed by atoms with Gasteiger partial charge < -0.3 is 15.7 Å². The van der Waals surface area contributed by atoms with Crippen LogP contribution in [-0.4, -0.2) is 16.9 Å². The number of amides is 2. The predicted octanol–water partition coefficient (Wildman–Crippen LogP) is 5.67. The first kappa shape index (κ1) is 26.1. The van der Waals surface area contributed by atoms with Gasteiger partial charge in [0.1, 0.15) is 11.6 Å². The lowest BCUT2D eigenvalue weighted by molar-refractivity contribution is -0.137. The van der Waals surface area contributed by atoms with Crippen LogP contribution in [-0.2, 0) is 6.18 Å². The molecule has 12 heteroatoms. The lowest BCUT2D eigenvalue weighted by Crippen LogP contribution is -2.21. The van der Waals surface area contributed by atoms with Crippen molar-refractivity contribution in [1.29, 1.82) is 5.26 Å². The normalized spacial score (nSPS) is 15.5. The van der Waals surface area contributed by atoms with Crippen molar-refractivity contribution >= 4 is 29.1 Å². The van der Waals surface area contributed by atoms with Gasteiger partial charge in [-0.15, -0.1) is 0 Å². The third-order valence-corrected chi connectivity index (χ3v) is 6.03. The molecule has 0 unspecified atom stereocenters. The molecule has 0 fully saturated rings. The number of halogens is 6. The first-order valence-corrected chi connectivity index (χ1v) is 10.9. The molecule has 2 amide bonds. The van der Waals surface area contributed by atoms with Crippen molar-refractivity contribution in [2.24, 2.45) is 0 Å². The van der Waals surface area contributed by atoms with Gasteiger partial charge in [-0.1, -0.05) is 11.6 Å². The van der Waals surface area contributed by atoms with Crippen molar-refractivity contribution in [1.82, 2.24) is 5.32 Å². The molecule has 1 aliphatic rings. The summed E-state index contributed by atoms with van der Waals surface area (Å²) < 4.78 is 67.3. The Labute approximate surface area is 211 Å². The monoisotopic (exact) mass is 535 g/mol. The molecule has 6 nitrogen and oxygen atoms in total. The maximum Gasteiger partial charge on any atom is 0.416 e. The smallest absolute Gasteiger partial charge is 0.387 e. The summed E-state index contributed by atoms with van der Waals surface area (Å²) in [4.78, 5) is 25.8. The standard InChI is InChI=1S/C25H15ClF5N3O3/c26-18-2-1-14(27)10-16(18)22-21-17(24(37)34-22)7-11(20(35)3-4-32)8-19(21)33-23(36)12-5-13(25(29,30)31)9-15(28)6-12/h1-2,5-10,20,22,35H,3H2,(H,33,36)(H,34,37)/t20-,22-/m1/s1. The Bertz CT molecular complexity index is 1470. The number of carbonyl (C=O) groups is 2. The van der Waals surface area contributed by atoms with Crippen molar-refractivity contribution in [3.05, 3.63) is 98.6 Å². The van der Waals surface area contributed by atoms with Gasteiger partial charge >= 0.3 is 6.18 Å². The van der Waals surface area contributed by atoms with E-state index >= 15 is 0 Å². The minimum atomic E-state index is -4.92. The predicted molar refractivity (Wildman–Crippen MR) is 122 cm³/mol. The van der Waals surface area contributed by atoms with E-state index < -0.39 is 52.9 Å². The minimum Gasteiger partial charge on any atom is -0.387 e. The van der Waals surface area contributed by atoms with E-state index in [0.717, 1.165) is 12.1 Å². The first-order chi connectivity index (χ1) is 17.4. The fourth-order valence-electron chi connectivity index (χ4n) is 4.00. The molecule has 2 atom stereocenters. The molecular weight excluding hydrogens is 521 g/mol. The maximum absolute atomic E-state index is 14.0. The summed E-state index contributed by atoms with van der Waals surface area (Å²) in [6.45, 7) is 0. The quantitative estimate of drug-likeness (QED) is 0.366. The molecule has 4 rings (SSSR count). The second-order valence-electron chi connectivity index (χ2n) is 8.16. The van der Waals surface area contributed by atoms with Crippen LogP contribution in [0.3, 0.4) is 0 Å². The van der Waals surface area contributed by atoms with E-state index in [1.54, 1.807) is 6.07 Å². The molecular formula is C25H15ClF5N3O3. The van der Waals surface area contributed by atoms with E-state index in [-0.39, 0.29) is 45.5 Å². The zero-order valence-corrected chi connectivity index (χ0v) is 19.2. The van der Waals surface area contributed by atoms with Gasteiger partial charge in [0.15, 0.2) is 0 Å². The van der Waals surface area contributed by atoms with Gasteiger partial charge in [0.2, 0.25) is 0 Å². The lowest BCUT2D eigenvalue weighted by atomic mass is 9.92. The zero-order valence-electron chi connectivity index (χ0n) is 18.5. The Morgan fingerprint density at radius 2 is 1.86 bits per heavy atom. The van der Waals surface area contributed by atoms with Crippen molar-refractivity contribution < 1.29 is 36.6 Å². The molecule has 190 valence electrons. The average Bonchev–Trinajstić information content (AvgIpc) is 3.16. The van der Waals surface area contributed by atoms with Gasteiger partial charge in [-0.05, 0) is 54.1 Å². The third-order valence-electron chi connectivity index (χ3n) is 5.69. The number of hydrogen-bond acceptors (Lipinski definition) is 4. The molecule has 1 heterocycles. The molecule has 0 bridgehead atoms. The average molecular weight is 536 g/mol. The van der Waals surface area contributed by atoms with Gasteiger partial charge in [-0.25, -0.2) is 8.78 Å². The number of nitrogens with zero attached hydrogens (tertiary/aromatic N) is 1. The molecule has 0 aliphatic carbocycles. The van der Waals surface area contributed by atoms with E-state index in [1.807, 2.05) is 0 Å². The number of hydrogen-bond donors (Lipinski definition) is 3. The molecule has 3 aromatic rings. The Morgan fingerprint density at radius 3 is 2.54 bits per heavy atom. The lowest BCUT2D eigenvalue weighted by Gasteiger charge is -2.20. The van der Waals surface area contributed by atoms with Gasteiger partial charge in [0.05, 0.1) is 30.2 Å². The van der Waals surface area contributed by atoms with Crippen molar-refractivity contribution in [3.63, 3.8) is 0 Å². The van der Waals surface area contributed by atoms with Crippen molar-refractivity contribution in [2.75, 3.05) is 5.32 Å². The SMILES string of the molecule is N#CC[C@@H](O)c1cc(NC(=O)c2cc(F)cc(C(F)(F)F)c2)c2c(c1)C(=O)N[C@@H]2c1cc(F)ccc1Cl. The molecule has 0 saturated carbocycles. The highest BCUT2D eigenvalue weighted by Gasteiger charge is 2.36. The van der Waals surface area contributed by atoms with Crippen LogP contribution in [0.15, 0.2) is 48.5 Å². The van der Waals surface area contributed by atoms with E-state index in [0.29, 0.717) is 12.1 Å². The van der Waals surface area contributed by atoms with Gasteiger partial charge in [-0.3, -0.25) is 9.59 Å². The minimum absolute atomic E-state index is 0.0481. The van der Waals surface area contributed by atoms with Crippen LogP contribution in [0.1, 0.15) is 61.5 Å². The summed E-state index contributed by atoms with van der Waals surface area (Å²) in [7, 11) is 0. The van der Waals surface area contributed by atoms with E-state index in [4.69, 9.17) is 16.9 Å². The Hall–Kier alpha value is -4.01.